The first kappa shape index (κ1) is 24.5. The first-order valence-electron chi connectivity index (χ1n) is 10.7. The number of aliphatic hydroxyl groups is 1. The van der Waals surface area contributed by atoms with Crippen molar-refractivity contribution < 1.29 is 29.3 Å². The summed E-state index contributed by atoms with van der Waals surface area (Å²) in [5.74, 6) is -1.56. The molecule has 0 saturated carbocycles. The van der Waals surface area contributed by atoms with E-state index in [0.717, 1.165) is 18.4 Å². The molecule has 2 N–H and O–H groups in total. The lowest BCUT2D eigenvalue weighted by atomic mass is 9.94. The number of likely N-dealkylation sites (tertiary alicyclic amines) is 1. The number of nitrogens with zero attached hydrogens (tertiary/aromatic N) is 1. The Labute approximate surface area is 198 Å². The molecule has 1 atom stereocenters. The van der Waals surface area contributed by atoms with E-state index in [1.54, 1.807) is 31.2 Å². The summed E-state index contributed by atoms with van der Waals surface area (Å²) in [6.07, 6.45) is 2.52. The van der Waals surface area contributed by atoms with Crippen LogP contribution in [0.1, 0.15) is 48.9 Å². The molecule has 2 aromatic carbocycles. The van der Waals surface area contributed by atoms with Crippen molar-refractivity contribution >= 4 is 29.1 Å². The van der Waals surface area contributed by atoms with E-state index >= 15 is 0 Å². The van der Waals surface area contributed by atoms with Crippen LogP contribution in [-0.2, 0) is 9.59 Å². The fourth-order valence-electron chi connectivity index (χ4n) is 4.12. The Balaban J connectivity index is 2.24. The average Bonchev–Trinajstić information content (AvgIpc) is 3.03. The number of phenolic OH excluding ortho intramolecular Hbond substituents is 1. The number of benzene rings is 2. The van der Waals surface area contributed by atoms with E-state index in [1.165, 1.54) is 25.2 Å². The van der Waals surface area contributed by atoms with E-state index < -0.39 is 17.7 Å². The van der Waals surface area contributed by atoms with Crippen molar-refractivity contribution in [2.75, 3.05) is 20.8 Å². The number of hydrogen-bond acceptors (Lipinski definition) is 6. The quantitative estimate of drug-likeness (QED) is 0.243. The minimum absolute atomic E-state index is 0.0824. The van der Waals surface area contributed by atoms with Crippen molar-refractivity contribution in [3.05, 3.63) is 57.6 Å². The molecule has 2 aromatic rings. The van der Waals surface area contributed by atoms with Crippen molar-refractivity contribution in [1.82, 2.24) is 4.90 Å². The van der Waals surface area contributed by atoms with Gasteiger partial charge in [-0.15, -0.1) is 0 Å². The minimum atomic E-state index is -0.886. The number of ketones is 1. The lowest BCUT2D eigenvalue weighted by Gasteiger charge is -2.26. The van der Waals surface area contributed by atoms with E-state index in [2.05, 4.69) is 0 Å². The van der Waals surface area contributed by atoms with Crippen LogP contribution in [0.3, 0.4) is 0 Å². The number of ether oxygens (including phenoxy) is 2. The van der Waals surface area contributed by atoms with Gasteiger partial charge in [0.1, 0.15) is 11.5 Å². The molecule has 33 heavy (non-hydrogen) atoms. The number of unbranched alkanes of at least 4 members (excludes halogenated alkanes) is 2. The molecule has 1 aliphatic rings. The topological polar surface area (TPSA) is 96.3 Å². The third-order valence-electron chi connectivity index (χ3n) is 5.71. The molecule has 0 aromatic heterocycles. The highest BCUT2D eigenvalue weighted by molar-refractivity contribution is 6.46. The molecule has 7 nitrogen and oxygen atoms in total. The van der Waals surface area contributed by atoms with Crippen LogP contribution in [0.25, 0.3) is 5.76 Å². The number of carbonyl (C=O) groups is 2. The summed E-state index contributed by atoms with van der Waals surface area (Å²) in [6, 6.07) is 7.10. The van der Waals surface area contributed by atoms with Gasteiger partial charge in [-0.25, -0.2) is 0 Å². The standard InChI is InChI=1S/C25H28ClNO6/c1-5-6-7-10-27-21(15-8-9-19(32-3)18(28)13-15)20(23(30)25(27)31)22(29)16-11-14(2)12-17(26)24(16)33-4/h8-9,11-13,21,28-29H,5-7,10H2,1-4H3/b22-20+. The van der Waals surface area contributed by atoms with E-state index in [0.29, 0.717) is 18.5 Å². The molecule has 0 bridgehead atoms. The summed E-state index contributed by atoms with van der Waals surface area (Å²) in [5.41, 5.74) is 1.36. The van der Waals surface area contributed by atoms with Crippen molar-refractivity contribution in [3.63, 3.8) is 0 Å². The van der Waals surface area contributed by atoms with Crippen molar-refractivity contribution in [2.24, 2.45) is 0 Å². The van der Waals surface area contributed by atoms with Gasteiger partial charge in [0.2, 0.25) is 0 Å². The van der Waals surface area contributed by atoms with E-state index in [1.807, 2.05) is 6.92 Å². The van der Waals surface area contributed by atoms with E-state index in [9.17, 15) is 19.8 Å². The number of rotatable bonds is 8. The number of carbonyl (C=O) groups excluding carboxylic acids is 2. The SMILES string of the molecule is CCCCCN1C(=O)C(=O)/C(=C(/O)c2cc(C)cc(Cl)c2OC)C1c1ccc(OC)c(O)c1. The van der Waals surface area contributed by atoms with Crippen LogP contribution in [0, 0.1) is 6.92 Å². The molecule has 0 spiro atoms. The Hall–Kier alpha value is -3.19. The Kier molecular flexibility index (Phi) is 7.53. The highest BCUT2D eigenvalue weighted by atomic mass is 35.5. The van der Waals surface area contributed by atoms with Crippen LogP contribution < -0.4 is 9.47 Å². The summed E-state index contributed by atoms with van der Waals surface area (Å²) < 4.78 is 10.5. The number of hydrogen-bond donors (Lipinski definition) is 2. The number of methoxy groups -OCH3 is 2. The van der Waals surface area contributed by atoms with Gasteiger partial charge < -0.3 is 24.6 Å². The summed E-state index contributed by atoms with van der Waals surface area (Å²) in [5, 5.41) is 21.9. The number of aliphatic hydroxyl groups excluding tert-OH is 1. The third kappa shape index (κ3) is 4.64. The molecule has 0 radical (unpaired) electrons. The number of amides is 1. The van der Waals surface area contributed by atoms with Crippen LogP contribution in [-0.4, -0.2) is 47.6 Å². The fourth-order valence-corrected chi connectivity index (χ4v) is 4.47. The Morgan fingerprint density at radius 1 is 1.12 bits per heavy atom. The highest BCUT2D eigenvalue weighted by Gasteiger charge is 2.46. The van der Waals surface area contributed by atoms with Crippen LogP contribution in [0.4, 0.5) is 0 Å². The zero-order valence-electron chi connectivity index (χ0n) is 19.1. The van der Waals surface area contributed by atoms with Crippen molar-refractivity contribution in [3.8, 4) is 17.2 Å². The molecule has 1 heterocycles. The van der Waals surface area contributed by atoms with Gasteiger partial charge in [-0.2, -0.15) is 0 Å². The summed E-state index contributed by atoms with van der Waals surface area (Å²) in [6.45, 7) is 4.17. The van der Waals surface area contributed by atoms with Gasteiger partial charge in [0.05, 0.1) is 36.4 Å². The normalized spacial score (nSPS) is 17.5. The first-order chi connectivity index (χ1) is 15.7. The molecule has 1 aliphatic heterocycles. The maximum absolute atomic E-state index is 13.2. The number of Topliss-reactive ketones (excluding diaryl/α,β-unsaturated/α-hetero) is 1. The van der Waals surface area contributed by atoms with Crippen LogP contribution in [0.15, 0.2) is 35.9 Å². The first-order valence-corrected chi connectivity index (χ1v) is 11.1. The van der Waals surface area contributed by atoms with Gasteiger partial charge in [-0.3, -0.25) is 9.59 Å². The maximum atomic E-state index is 13.2. The van der Waals surface area contributed by atoms with Gasteiger partial charge in [-0.1, -0.05) is 37.4 Å². The fraction of sp³-hybridized carbons (Fsp3) is 0.360. The van der Waals surface area contributed by atoms with Gasteiger partial charge in [-0.05, 0) is 48.7 Å². The number of phenols is 1. The molecule has 1 amide bonds. The molecular weight excluding hydrogens is 446 g/mol. The lowest BCUT2D eigenvalue weighted by molar-refractivity contribution is -0.139. The second-order valence-corrected chi connectivity index (χ2v) is 8.37. The molecule has 3 rings (SSSR count). The van der Waals surface area contributed by atoms with Crippen molar-refractivity contribution in [2.45, 2.75) is 39.2 Å². The highest BCUT2D eigenvalue weighted by Crippen LogP contribution is 2.44. The smallest absolute Gasteiger partial charge is 0.295 e. The molecule has 1 fully saturated rings. The number of aryl methyl sites for hydroxylation is 1. The van der Waals surface area contributed by atoms with Gasteiger partial charge >= 0.3 is 0 Å². The minimum Gasteiger partial charge on any atom is -0.507 e. The Bertz CT molecular complexity index is 1110. The van der Waals surface area contributed by atoms with Crippen LogP contribution in [0.5, 0.6) is 17.2 Å². The molecule has 1 unspecified atom stereocenters. The second kappa shape index (κ2) is 10.2. The largest absolute Gasteiger partial charge is 0.507 e. The number of halogens is 1. The Morgan fingerprint density at radius 3 is 2.45 bits per heavy atom. The molecule has 1 saturated heterocycles. The van der Waals surface area contributed by atoms with Gasteiger partial charge in [0, 0.05) is 6.54 Å². The zero-order valence-corrected chi connectivity index (χ0v) is 19.9. The molecule has 176 valence electrons. The van der Waals surface area contributed by atoms with E-state index in [4.69, 9.17) is 21.1 Å². The van der Waals surface area contributed by atoms with Gasteiger partial charge in [0.25, 0.3) is 11.7 Å². The summed E-state index contributed by atoms with van der Waals surface area (Å²) >= 11 is 6.30. The predicted octanol–water partition coefficient (Wildman–Crippen LogP) is 4.98. The molecular formula is C25H28ClNO6. The lowest BCUT2D eigenvalue weighted by Crippen LogP contribution is -2.30. The zero-order chi connectivity index (χ0) is 24.3. The second-order valence-electron chi connectivity index (χ2n) is 7.96. The Morgan fingerprint density at radius 2 is 1.85 bits per heavy atom. The van der Waals surface area contributed by atoms with Crippen molar-refractivity contribution in [1.29, 1.82) is 0 Å². The van der Waals surface area contributed by atoms with E-state index in [-0.39, 0.29) is 39.2 Å². The summed E-state index contributed by atoms with van der Waals surface area (Å²) in [4.78, 5) is 27.6. The van der Waals surface area contributed by atoms with Gasteiger partial charge in [0.15, 0.2) is 11.5 Å². The van der Waals surface area contributed by atoms with Crippen LogP contribution in [0.2, 0.25) is 5.02 Å². The predicted molar refractivity (Wildman–Crippen MR) is 126 cm³/mol. The maximum Gasteiger partial charge on any atom is 0.295 e. The number of aromatic hydroxyl groups is 1. The molecule has 0 aliphatic carbocycles. The van der Waals surface area contributed by atoms with Crippen LogP contribution >= 0.6 is 11.6 Å². The monoisotopic (exact) mass is 473 g/mol. The average molecular weight is 474 g/mol. The summed E-state index contributed by atoms with van der Waals surface area (Å²) in [7, 11) is 2.84. The third-order valence-corrected chi connectivity index (χ3v) is 5.99. The molecule has 8 heteroatoms.